The van der Waals surface area contributed by atoms with Crippen LogP contribution < -0.4 is 4.74 Å². The molecule has 0 saturated carbocycles. The average molecular weight is 254 g/mol. The second-order valence-electron chi connectivity index (χ2n) is 3.42. The number of carbonyl (C=O) groups is 2. The molecular formula is C12H14O6. The number of carbonyl (C=O) groups excluding carboxylic acids is 2. The van der Waals surface area contributed by atoms with Crippen LogP contribution in [0.4, 0.5) is 0 Å². The lowest BCUT2D eigenvalue weighted by atomic mass is 10.1. The van der Waals surface area contributed by atoms with Crippen molar-refractivity contribution in [1.82, 2.24) is 0 Å². The van der Waals surface area contributed by atoms with Gasteiger partial charge in [0, 0.05) is 0 Å². The monoisotopic (exact) mass is 254 g/mol. The first kappa shape index (κ1) is 13.8. The van der Waals surface area contributed by atoms with E-state index in [4.69, 9.17) is 4.74 Å². The smallest absolute Gasteiger partial charge is 0.313 e. The van der Waals surface area contributed by atoms with Gasteiger partial charge in [0.1, 0.15) is 6.42 Å². The Morgan fingerprint density at radius 2 is 1.89 bits per heavy atom. The molecule has 0 heterocycles. The van der Waals surface area contributed by atoms with Crippen molar-refractivity contribution < 1.29 is 29.3 Å². The number of ether oxygens (including phenoxy) is 2. The Balaban J connectivity index is 2.94. The summed E-state index contributed by atoms with van der Waals surface area (Å²) in [5.74, 6) is -2.42. The highest BCUT2D eigenvalue weighted by molar-refractivity contribution is 6.08. The molecule has 0 spiro atoms. The minimum Gasteiger partial charge on any atom is -0.504 e. The molecule has 0 fully saturated rings. The van der Waals surface area contributed by atoms with E-state index in [9.17, 15) is 19.8 Å². The number of hydrogen-bond donors (Lipinski definition) is 2. The minimum atomic E-state index is -0.683. The number of aromatic hydroxyl groups is 2. The summed E-state index contributed by atoms with van der Waals surface area (Å²) in [6.45, 7) is 1.80. The summed E-state index contributed by atoms with van der Waals surface area (Å²) in [4.78, 5) is 22.8. The molecule has 1 aromatic rings. The average Bonchev–Trinajstić information content (AvgIpc) is 2.32. The highest BCUT2D eigenvalue weighted by Gasteiger charge is 2.20. The highest BCUT2D eigenvalue weighted by Crippen LogP contribution is 2.38. The van der Waals surface area contributed by atoms with Crippen molar-refractivity contribution in [3.63, 3.8) is 0 Å². The van der Waals surface area contributed by atoms with Gasteiger partial charge in [-0.25, -0.2) is 0 Å². The first-order valence-electron chi connectivity index (χ1n) is 5.29. The Hall–Kier alpha value is -2.24. The summed E-state index contributed by atoms with van der Waals surface area (Å²) in [6, 6.07) is 2.60. The summed E-state index contributed by atoms with van der Waals surface area (Å²) in [5.41, 5.74) is -0.152. The van der Waals surface area contributed by atoms with Crippen LogP contribution in [0.1, 0.15) is 23.7 Å². The molecule has 0 bridgehead atoms. The van der Waals surface area contributed by atoms with Crippen LogP contribution in [0.25, 0.3) is 0 Å². The maximum atomic E-state index is 11.7. The van der Waals surface area contributed by atoms with E-state index in [1.54, 1.807) is 6.92 Å². The summed E-state index contributed by atoms with van der Waals surface area (Å²) in [7, 11) is 1.31. The van der Waals surface area contributed by atoms with Gasteiger partial charge in [0.25, 0.3) is 0 Å². The summed E-state index contributed by atoms with van der Waals surface area (Å²) >= 11 is 0. The van der Waals surface area contributed by atoms with Crippen LogP contribution in [0.15, 0.2) is 12.1 Å². The van der Waals surface area contributed by atoms with Crippen molar-refractivity contribution >= 4 is 11.8 Å². The molecule has 0 aliphatic heterocycles. The molecule has 0 amide bonds. The molecule has 0 aliphatic carbocycles. The van der Waals surface area contributed by atoms with E-state index in [1.807, 2.05) is 0 Å². The normalized spacial score (nSPS) is 9.89. The standard InChI is InChI=1S/C12H14O6/c1-3-18-10(14)6-8(13)7-4-5-9(17-2)12(16)11(7)15/h4-5,15-16H,3,6H2,1-2H3. The van der Waals surface area contributed by atoms with Gasteiger partial charge >= 0.3 is 5.97 Å². The zero-order chi connectivity index (χ0) is 13.7. The van der Waals surface area contributed by atoms with Gasteiger partial charge in [-0.3, -0.25) is 9.59 Å². The maximum absolute atomic E-state index is 11.7. The second kappa shape index (κ2) is 5.90. The Morgan fingerprint density at radius 1 is 1.22 bits per heavy atom. The predicted molar refractivity (Wildman–Crippen MR) is 61.9 cm³/mol. The molecule has 18 heavy (non-hydrogen) atoms. The van der Waals surface area contributed by atoms with Crippen molar-refractivity contribution in [1.29, 1.82) is 0 Å². The van der Waals surface area contributed by atoms with Gasteiger partial charge in [-0.05, 0) is 19.1 Å². The third-order valence-electron chi connectivity index (χ3n) is 2.24. The van der Waals surface area contributed by atoms with Gasteiger partial charge in [0.05, 0.1) is 19.3 Å². The van der Waals surface area contributed by atoms with Crippen molar-refractivity contribution in [2.45, 2.75) is 13.3 Å². The lowest BCUT2D eigenvalue weighted by Gasteiger charge is -2.08. The van der Waals surface area contributed by atoms with Crippen LogP contribution in [0.2, 0.25) is 0 Å². The molecule has 0 aliphatic rings. The summed E-state index contributed by atoms with van der Waals surface area (Å²) < 4.78 is 9.39. The molecule has 1 rings (SSSR count). The quantitative estimate of drug-likeness (QED) is 0.355. The van der Waals surface area contributed by atoms with E-state index in [1.165, 1.54) is 19.2 Å². The fourth-order valence-electron chi connectivity index (χ4n) is 1.39. The van der Waals surface area contributed by atoms with Gasteiger partial charge in [0.15, 0.2) is 17.3 Å². The Labute approximate surface area is 104 Å². The van der Waals surface area contributed by atoms with E-state index in [0.29, 0.717) is 0 Å². The predicted octanol–water partition coefficient (Wildman–Crippen LogP) is 1.24. The van der Waals surface area contributed by atoms with Gasteiger partial charge in [-0.2, -0.15) is 0 Å². The first-order valence-corrected chi connectivity index (χ1v) is 5.29. The number of methoxy groups -OCH3 is 1. The molecule has 0 unspecified atom stereocenters. The van der Waals surface area contributed by atoms with Crippen LogP contribution in [0.5, 0.6) is 17.2 Å². The summed E-state index contributed by atoms with van der Waals surface area (Å²) in [6.07, 6.45) is -0.493. The minimum absolute atomic E-state index is 0.0418. The van der Waals surface area contributed by atoms with Gasteiger partial charge in [0.2, 0.25) is 5.75 Å². The third kappa shape index (κ3) is 2.91. The maximum Gasteiger partial charge on any atom is 0.313 e. The number of hydrogen-bond acceptors (Lipinski definition) is 6. The van der Waals surface area contributed by atoms with E-state index < -0.39 is 29.7 Å². The zero-order valence-electron chi connectivity index (χ0n) is 10.1. The number of phenols is 2. The number of phenolic OH excluding ortho intramolecular Hbond substituents is 2. The highest BCUT2D eigenvalue weighted by atomic mass is 16.5. The van der Waals surface area contributed by atoms with Gasteiger partial charge in [-0.1, -0.05) is 0 Å². The lowest BCUT2D eigenvalue weighted by molar-refractivity contribution is -0.141. The van der Waals surface area contributed by atoms with Crippen molar-refractivity contribution in [3.8, 4) is 17.2 Å². The van der Waals surface area contributed by atoms with Gasteiger partial charge in [-0.15, -0.1) is 0 Å². The van der Waals surface area contributed by atoms with Crippen LogP contribution in [0.3, 0.4) is 0 Å². The van der Waals surface area contributed by atoms with Crippen molar-refractivity contribution in [3.05, 3.63) is 17.7 Å². The Bertz CT molecular complexity index is 466. The molecule has 6 nitrogen and oxygen atoms in total. The first-order chi connectivity index (χ1) is 8.51. The number of rotatable bonds is 5. The molecule has 0 radical (unpaired) electrons. The molecule has 2 N–H and O–H groups in total. The fraction of sp³-hybridized carbons (Fsp3) is 0.333. The van der Waals surface area contributed by atoms with Gasteiger partial charge < -0.3 is 19.7 Å². The van der Waals surface area contributed by atoms with E-state index in [0.717, 1.165) is 0 Å². The SMILES string of the molecule is CCOC(=O)CC(=O)c1ccc(OC)c(O)c1O. The van der Waals surface area contributed by atoms with E-state index in [2.05, 4.69) is 4.74 Å². The lowest BCUT2D eigenvalue weighted by Crippen LogP contribution is -2.11. The Morgan fingerprint density at radius 3 is 2.44 bits per heavy atom. The van der Waals surface area contributed by atoms with E-state index in [-0.39, 0.29) is 17.9 Å². The number of Topliss-reactive ketones (excluding diaryl/α,β-unsaturated/α-hetero) is 1. The molecular weight excluding hydrogens is 240 g/mol. The number of esters is 1. The van der Waals surface area contributed by atoms with Crippen LogP contribution in [-0.2, 0) is 9.53 Å². The molecule has 0 saturated heterocycles. The third-order valence-corrected chi connectivity index (χ3v) is 2.24. The fourth-order valence-corrected chi connectivity index (χ4v) is 1.39. The number of benzene rings is 1. The van der Waals surface area contributed by atoms with Crippen molar-refractivity contribution in [2.24, 2.45) is 0 Å². The van der Waals surface area contributed by atoms with Crippen LogP contribution in [0, 0.1) is 0 Å². The molecule has 1 aromatic carbocycles. The van der Waals surface area contributed by atoms with Crippen molar-refractivity contribution in [2.75, 3.05) is 13.7 Å². The molecule has 0 atom stereocenters. The largest absolute Gasteiger partial charge is 0.504 e. The molecule has 0 aromatic heterocycles. The van der Waals surface area contributed by atoms with Crippen LogP contribution in [-0.4, -0.2) is 35.7 Å². The second-order valence-corrected chi connectivity index (χ2v) is 3.42. The zero-order valence-corrected chi connectivity index (χ0v) is 10.1. The molecule has 98 valence electrons. The summed E-state index contributed by atoms with van der Waals surface area (Å²) in [5, 5.41) is 19.1. The number of ketones is 1. The topological polar surface area (TPSA) is 93.1 Å². The molecule has 6 heteroatoms. The van der Waals surface area contributed by atoms with E-state index >= 15 is 0 Å². The van der Waals surface area contributed by atoms with Crippen LogP contribution >= 0.6 is 0 Å². The Kier molecular flexibility index (Phi) is 4.53.